The number of benzene rings is 2. The van der Waals surface area contributed by atoms with Crippen LogP contribution in [0.25, 0.3) is 0 Å². The first-order chi connectivity index (χ1) is 13.5. The summed E-state index contributed by atoms with van der Waals surface area (Å²) < 4.78 is 6.75. The third-order valence-corrected chi connectivity index (χ3v) is 3.96. The Morgan fingerprint density at radius 3 is 2.39 bits per heavy atom. The van der Waals surface area contributed by atoms with E-state index in [4.69, 9.17) is 4.74 Å². The molecule has 3 rings (SSSR count). The van der Waals surface area contributed by atoms with Crippen LogP contribution in [-0.4, -0.2) is 28.1 Å². The van der Waals surface area contributed by atoms with Gasteiger partial charge in [0, 0.05) is 17.3 Å². The maximum Gasteiger partial charge on any atom is 0.276 e. The lowest BCUT2D eigenvalue weighted by atomic mass is 10.1. The smallest absolute Gasteiger partial charge is 0.276 e. The van der Waals surface area contributed by atoms with Crippen LogP contribution in [-0.2, 0) is 6.54 Å². The molecule has 0 aliphatic rings. The van der Waals surface area contributed by atoms with Crippen LogP contribution in [0.2, 0.25) is 0 Å². The molecule has 142 valence electrons. The summed E-state index contributed by atoms with van der Waals surface area (Å²) in [5.74, 6) is 0.191. The molecule has 1 N–H and O–H groups in total. The molecule has 0 saturated carbocycles. The number of ketones is 1. The fourth-order valence-corrected chi connectivity index (χ4v) is 2.48. The molecule has 0 atom stereocenters. The van der Waals surface area contributed by atoms with E-state index in [9.17, 15) is 14.4 Å². The molecular weight excluding hydrogens is 358 g/mol. The van der Waals surface area contributed by atoms with Crippen LogP contribution in [0.5, 0.6) is 5.75 Å². The monoisotopic (exact) mass is 377 g/mol. The van der Waals surface area contributed by atoms with Crippen molar-refractivity contribution >= 4 is 17.4 Å². The molecule has 0 radical (unpaired) electrons. The van der Waals surface area contributed by atoms with Crippen LogP contribution in [0, 0.1) is 0 Å². The molecule has 0 saturated heterocycles. The summed E-state index contributed by atoms with van der Waals surface area (Å²) >= 11 is 0. The minimum atomic E-state index is -0.451. The van der Waals surface area contributed by atoms with Gasteiger partial charge in [-0.1, -0.05) is 18.2 Å². The van der Waals surface area contributed by atoms with Gasteiger partial charge in [0.1, 0.15) is 18.1 Å². The summed E-state index contributed by atoms with van der Waals surface area (Å²) in [5, 5.41) is 6.80. The minimum Gasteiger partial charge on any atom is -0.492 e. The number of nitrogens with zero attached hydrogens (tertiary/aromatic N) is 2. The molecule has 0 unspecified atom stereocenters. The number of carbonyl (C=O) groups excluding carboxylic acids is 2. The largest absolute Gasteiger partial charge is 0.492 e. The Balaban J connectivity index is 1.65. The van der Waals surface area contributed by atoms with Crippen molar-refractivity contribution in [1.29, 1.82) is 0 Å². The number of aromatic nitrogens is 2. The van der Waals surface area contributed by atoms with Crippen molar-refractivity contribution in [3.05, 3.63) is 88.3 Å². The third kappa shape index (κ3) is 4.91. The van der Waals surface area contributed by atoms with Crippen molar-refractivity contribution in [3.8, 4) is 5.75 Å². The number of Topliss-reactive ketones (excluding diaryl/α,β-unsaturated/α-hetero) is 1. The van der Waals surface area contributed by atoms with Gasteiger partial charge in [0.15, 0.2) is 5.78 Å². The molecule has 7 nitrogen and oxygen atoms in total. The highest BCUT2D eigenvalue weighted by atomic mass is 16.5. The zero-order valence-corrected chi connectivity index (χ0v) is 15.3. The number of hydrogen-bond acceptors (Lipinski definition) is 5. The van der Waals surface area contributed by atoms with Crippen LogP contribution in [0.1, 0.15) is 27.8 Å². The summed E-state index contributed by atoms with van der Waals surface area (Å²) in [6.45, 7) is 1.93. The summed E-state index contributed by atoms with van der Waals surface area (Å²) in [5.41, 5.74) is 0.874. The van der Waals surface area contributed by atoms with E-state index in [0.29, 0.717) is 17.0 Å². The molecule has 0 bridgehead atoms. The summed E-state index contributed by atoms with van der Waals surface area (Å²) in [7, 11) is 0. The van der Waals surface area contributed by atoms with Crippen LogP contribution >= 0.6 is 0 Å². The molecule has 1 aromatic heterocycles. The second kappa shape index (κ2) is 8.77. The number of anilines is 1. The van der Waals surface area contributed by atoms with Gasteiger partial charge in [-0.05, 0) is 49.4 Å². The van der Waals surface area contributed by atoms with E-state index in [0.717, 1.165) is 0 Å². The van der Waals surface area contributed by atoms with E-state index < -0.39 is 5.91 Å². The van der Waals surface area contributed by atoms with Gasteiger partial charge in [-0.25, -0.2) is 4.68 Å². The fraction of sp³-hybridized carbons (Fsp3) is 0.143. The number of rotatable bonds is 7. The number of para-hydroxylation sites is 1. The Bertz CT molecular complexity index is 1030. The standard InChI is InChI=1S/C21H19N3O4/c1-15(25)16-7-9-17(10-8-16)22-21(27)19-11-12-20(26)24(23-19)13-14-28-18-5-3-2-4-6-18/h2-12H,13-14H2,1H3,(H,22,27). The lowest BCUT2D eigenvalue weighted by Gasteiger charge is -2.09. The zero-order valence-electron chi connectivity index (χ0n) is 15.3. The van der Waals surface area contributed by atoms with Gasteiger partial charge in [0.25, 0.3) is 11.5 Å². The Morgan fingerprint density at radius 2 is 1.71 bits per heavy atom. The highest BCUT2D eigenvalue weighted by molar-refractivity contribution is 6.03. The number of ether oxygens (including phenoxy) is 1. The summed E-state index contributed by atoms with van der Waals surface area (Å²) in [6.07, 6.45) is 0. The molecule has 0 fully saturated rings. The molecule has 3 aromatic rings. The molecule has 7 heteroatoms. The maximum atomic E-state index is 12.4. The van der Waals surface area contributed by atoms with Gasteiger partial charge in [-0.2, -0.15) is 5.10 Å². The molecule has 28 heavy (non-hydrogen) atoms. The first-order valence-electron chi connectivity index (χ1n) is 8.71. The third-order valence-electron chi connectivity index (χ3n) is 3.96. The zero-order chi connectivity index (χ0) is 19.9. The van der Waals surface area contributed by atoms with Crippen LogP contribution in [0.15, 0.2) is 71.5 Å². The Hall–Kier alpha value is -3.74. The van der Waals surface area contributed by atoms with Crippen LogP contribution in [0.4, 0.5) is 5.69 Å². The molecule has 0 aliphatic heterocycles. The van der Waals surface area contributed by atoms with Gasteiger partial charge >= 0.3 is 0 Å². The Kier molecular flexibility index (Phi) is 5.96. The normalized spacial score (nSPS) is 10.3. The molecule has 2 aromatic carbocycles. The SMILES string of the molecule is CC(=O)c1ccc(NC(=O)c2ccc(=O)n(CCOc3ccccc3)n2)cc1. The predicted molar refractivity (Wildman–Crippen MR) is 105 cm³/mol. The number of amides is 1. The molecule has 0 spiro atoms. The fourth-order valence-electron chi connectivity index (χ4n) is 2.48. The highest BCUT2D eigenvalue weighted by Gasteiger charge is 2.11. The summed E-state index contributed by atoms with van der Waals surface area (Å²) in [4.78, 5) is 35.7. The Morgan fingerprint density at radius 1 is 1.00 bits per heavy atom. The van der Waals surface area contributed by atoms with E-state index >= 15 is 0 Å². The number of nitrogens with one attached hydrogen (secondary N) is 1. The lowest BCUT2D eigenvalue weighted by molar-refractivity contribution is 0.101. The van der Waals surface area contributed by atoms with E-state index in [1.807, 2.05) is 30.3 Å². The van der Waals surface area contributed by atoms with Crippen molar-refractivity contribution in [1.82, 2.24) is 9.78 Å². The van der Waals surface area contributed by atoms with E-state index in [-0.39, 0.29) is 30.2 Å². The van der Waals surface area contributed by atoms with Gasteiger partial charge < -0.3 is 10.1 Å². The van der Waals surface area contributed by atoms with E-state index in [1.165, 1.54) is 23.7 Å². The first kappa shape index (κ1) is 19.0. The van der Waals surface area contributed by atoms with Gasteiger partial charge in [-0.3, -0.25) is 14.4 Å². The molecule has 1 amide bonds. The molecule has 1 heterocycles. The molecule has 0 aliphatic carbocycles. The summed E-state index contributed by atoms with van der Waals surface area (Å²) in [6, 6.07) is 18.4. The van der Waals surface area contributed by atoms with Gasteiger partial charge in [-0.15, -0.1) is 0 Å². The first-order valence-corrected chi connectivity index (χ1v) is 8.71. The van der Waals surface area contributed by atoms with Crippen LogP contribution < -0.4 is 15.6 Å². The predicted octanol–water partition coefficient (Wildman–Crippen LogP) is 2.78. The lowest BCUT2D eigenvalue weighted by Crippen LogP contribution is -2.28. The van der Waals surface area contributed by atoms with E-state index in [1.54, 1.807) is 24.3 Å². The maximum absolute atomic E-state index is 12.4. The van der Waals surface area contributed by atoms with E-state index in [2.05, 4.69) is 10.4 Å². The Labute approximate surface area is 161 Å². The van der Waals surface area contributed by atoms with Crippen molar-refractivity contribution in [2.45, 2.75) is 13.5 Å². The second-order valence-electron chi connectivity index (χ2n) is 6.03. The topological polar surface area (TPSA) is 90.3 Å². The minimum absolute atomic E-state index is 0.0515. The van der Waals surface area contributed by atoms with Crippen molar-refractivity contribution < 1.29 is 14.3 Å². The number of hydrogen-bond donors (Lipinski definition) is 1. The average molecular weight is 377 g/mol. The molecular formula is C21H19N3O4. The average Bonchev–Trinajstić information content (AvgIpc) is 2.70. The van der Waals surface area contributed by atoms with Crippen molar-refractivity contribution in [2.75, 3.05) is 11.9 Å². The van der Waals surface area contributed by atoms with Gasteiger partial charge in [0.05, 0.1) is 6.54 Å². The van der Waals surface area contributed by atoms with Crippen LogP contribution in [0.3, 0.4) is 0 Å². The quantitative estimate of drug-likeness (QED) is 0.640. The van der Waals surface area contributed by atoms with Crippen molar-refractivity contribution in [2.24, 2.45) is 0 Å². The number of carbonyl (C=O) groups is 2. The van der Waals surface area contributed by atoms with Gasteiger partial charge in [0.2, 0.25) is 0 Å². The van der Waals surface area contributed by atoms with Crippen molar-refractivity contribution in [3.63, 3.8) is 0 Å². The second-order valence-corrected chi connectivity index (χ2v) is 6.03. The highest BCUT2D eigenvalue weighted by Crippen LogP contribution is 2.11.